The van der Waals surface area contributed by atoms with E-state index in [0.29, 0.717) is 0 Å². The van der Waals surface area contributed by atoms with E-state index >= 15 is 0 Å². The first-order chi connectivity index (χ1) is 6.98. The second kappa shape index (κ2) is 3.56. The quantitative estimate of drug-likeness (QED) is 0.753. The van der Waals surface area contributed by atoms with Crippen molar-refractivity contribution in [3.63, 3.8) is 0 Å². The zero-order valence-electron chi connectivity index (χ0n) is 8.98. The fourth-order valence-electron chi connectivity index (χ4n) is 2.05. The van der Waals surface area contributed by atoms with Crippen LogP contribution in [0.3, 0.4) is 0 Å². The summed E-state index contributed by atoms with van der Waals surface area (Å²) >= 11 is 0. The minimum Gasteiger partial charge on any atom is -0.310 e. The monoisotopic (exact) mass is 211 g/mol. The van der Waals surface area contributed by atoms with Crippen molar-refractivity contribution >= 4 is 0 Å². The van der Waals surface area contributed by atoms with E-state index in [1.807, 2.05) is 6.07 Å². The Kier molecular flexibility index (Phi) is 2.51. The molecule has 82 valence electrons. The van der Waals surface area contributed by atoms with Crippen LogP contribution in [0.5, 0.6) is 0 Å². The summed E-state index contributed by atoms with van der Waals surface area (Å²) in [6.07, 6.45) is 0.837. The van der Waals surface area contributed by atoms with Gasteiger partial charge in [0.2, 0.25) is 0 Å². The lowest BCUT2D eigenvalue weighted by molar-refractivity contribution is 0.0173. The van der Waals surface area contributed by atoms with Crippen molar-refractivity contribution < 1.29 is 8.78 Å². The highest BCUT2D eigenvalue weighted by Crippen LogP contribution is 2.31. The molecule has 1 aliphatic rings. The molecule has 1 aliphatic heterocycles. The summed E-state index contributed by atoms with van der Waals surface area (Å²) in [7, 11) is 0. The third kappa shape index (κ3) is 2.02. The molecule has 1 nitrogen and oxygen atoms in total. The Hall–Kier alpha value is -0.960. The van der Waals surface area contributed by atoms with Crippen molar-refractivity contribution in [3.05, 3.63) is 34.9 Å². The number of benzene rings is 1. The summed E-state index contributed by atoms with van der Waals surface area (Å²) in [5.41, 5.74) is 2.32. The van der Waals surface area contributed by atoms with Gasteiger partial charge in [0.15, 0.2) is 0 Å². The minimum atomic E-state index is -2.73. The van der Waals surface area contributed by atoms with E-state index in [0.717, 1.165) is 31.0 Å². The van der Waals surface area contributed by atoms with Crippen LogP contribution >= 0.6 is 0 Å². The van der Waals surface area contributed by atoms with Crippen LogP contribution in [-0.2, 0) is 12.3 Å². The molecule has 1 unspecified atom stereocenters. The van der Waals surface area contributed by atoms with E-state index < -0.39 is 5.92 Å². The number of hydrogen-bond acceptors (Lipinski definition) is 1. The summed E-state index contributed by atoms with van der Waals surface area (Å²) in [5.74, 6) is -2.73. The minimum absolute atomic E-state index is 0.121. The molecular formula is C12H15F2N. The maximum Gasteiger partial charge on any atom is 0.270 e. The number of alkyl halides is 2. The van der Waals surface area contributed by atoms with E-state index in [-0.39, 0.29) is 11.6 Å². The van der Waals surface area contributed by atoms with Crippen LogP contribution < -0.4 is 5.32 Å². The van der Waals surface area contributed by atoms with Gasteiger partial charge in [-0.1, -0.05) is 12.1 Å². The molecule has 0 fully saturated rings. The lowest BCUT2D eigenvalue weighted by Crippen LogP contribution is -2.28. The molecule has 0 radical (unpaired) electrons. The average molecular weight is 211 g/mol. The van der Waals surface area contributed by atoms with Crippen molar-refractivity contribution in [2.45, 2.75) is 32.2 Å². The molecule has 15 heavy (non-hydrogen) atoms. The lowest BCUT2D eigenvalue weighted by Gasteiger charge is -2.25. The second-order valence-corrected chi connectivity index (χ2v) is 4.23. The topological polar surface area (TPSA) is 12.0 Å². The molecule has 0 bridgehead atoms. The van der Waals surface area contributed by atoms with Crippen LogP contribution in [0.2, 0.25) is 0 Å². The molecule has 0 aromatic heterocycles. The summed E-state index contributed by atoms with van der Waals surface area (Å²) in [5, 5.41) is 3.31. The Balaban J connectivity index is 2.42. The predicted molar refractivity (Wildman–Crippen MR) is 56.1 cm³/mol. The van der Waals surface area contributed by atoms with E-state index in [1.54, 1.807) is 6.07 Å². The molecule has 2 rings (SSSR count). The summed E-state index contributed by atoms with van der Waals surface area (Å²) in [6.45, 7) is 3.87. The van der Waals surface area contributed by atoms with Crippen LogP contribution in [0.1, 0.15) is 36.6 Å². The number of nitrogens with one attached hydrogen (secondary N) is 1. The molecule has 0 amide bonds. The SMILES string of the molecule is CC1NCCc2cc(C(C)(F)F)ccc21. The largest absolute Gasteiger partial charge is 0.310 e. The molecule has 1 heterocycles. The van der Waals surface area contributed by atoms with Gasteiger partial charge in [-0.3, -0.25) is 0 Å². The third-order valence-electron chi connectivity index (χ3n) is 2.96. The van der Waals surface area contributed by atoms with Crippen molar-refractivity contribution in [1.29, 1.82) is 0 Å². The molecule has 3 heteroatoms. The van der Waals surface area contributed by atoms with Gasteiger partial charge in [-0.2, -0.15) is 0 Å². The Labute approximate surface area is 88.5 Å². The zero-order valence-corrected chi connectivity index (χ0v) is 8.98. The van der Waals surface area contributed by atoms with Crippen LogP contribution in [0.25, 0.3) is 0 Å². The summed E-state index contributed by atoms with van der Waals surface area (Å²) in [4.78, 5) is 0. The molecule has 1 aromatic carbocycles. The molecule has 1 atom stereocenters. The zero-order chi connectivity index (χ0) is 11.1. The second-order valence-electron chi connectivity index (χ2n) is 4.23. The highest BCUT2D eigenvalue weighted by molar-refractivity contribution is 5.37. The van der Waals surface area contributed by atoms with Gasteiger partial charge in [-0.15, -0.1) is 0 Å². The van der Waals surface area contributed by atoms with E-state index in [2.05, 4.69) is 12.2 Å². The molecule has 0 saturated heterocycles. The standard InChI is InChI=1S/C12H15F2N/c1-8-11-4-3-10(12(2,13)14)7-9(11)5-6-15-8/h3-4,7-8,15H,5-6H2,1-2H3. The molecule has 1 N–H and O–H groups in total. The van der Waals surface area contributed by atoms with Crippen LogP contribution in [0, 0.1) is 0 Å². The van der Waals surface area contributed by atoms with Gasteiger partial charge in [-0.05, 0) is 37.1 Å². The number of halogens is 2. The van der Waals surface area contributed by atoms with Gasteiger partial charge >= 0.3 is 0 Å². The summed E-state index contributed by atoms with van der Waals surface area (Å²) in [6, 6.07) is 5.27. The molecule has 1 aromatic rings. The lowest BCUT2D eigenvalue weighted by atomic mass is 9.92. The van der Waals surface area contributed by atoms with Gasteiger partial charge < -0.3 is 5.32 Å². The van der Waals surface area contributed by atoms with Crippen molar-refractivity contribution in [2.75, 3.05) is 6.54 Å². The predicted octanol–water partition coefficient (Wildman–Crippen LogP) is 3.01. The molecule has 0 aliphatic carbocycles. The smallest absolute Gasteiger partial charge is 0.270 e. The van der Waals surface area contributed by atoms with E-state index in [9.17, 15) is 8.78 Å². The summed E-state index contributed by atoms with van der Waals surface area (Å²) < 4.78 is 26.2. The number of fused-ring (bicyclic) bond motifs is 1. The average Bonchev–Trinajstić information content (AvgIpc) is 2.16. The van der Waals surface area contributed by atoms with Crippen molar-refractivity contribution in [3.8, 4) is 0 Å². The van der Waals surface area contributed by atoms with Gasteiger partial charge in [0.25, 0.3) is 5.92 Å². The third-order valence-corrected chi connectivity index (χ3v) is 2.96. The number of rotatable bonds is 1. The fourth-order valence-corrected chi connectivity index (χ4v) is 2.05. The van der Waals surface area contributed by atoms with Crippen LogP contribution in [0.15, 0.2) is 18.2 Å². The van der Waals surface area contributed by atoms with Crippen LogP contribution in [0.4, 0.5) is 8.78 Å². The Morgan fingerprint density at radius 2 is 2.13 bits per heavy atom. The van der Waals surface area contributed by atoms with Gasteiger partial charge in [0.05, 0.1) is 0 Å². The number of hydrogen-bond donors (Lipinski definition) is 1. The molecule has 0 saturated carbocycles. The van der Waals surface area contributed by atoms with Gasteiger partial charge in [-0.25, -0.2) is 8.78 Å². The first-order valence-corrected chi connectivity index (χ1v) is 5.23. The van der Waals surface area contributed by atoms with Crippen LogP contribution in [-0.4, -0.2) is 6.54 Å². The highest BCUT2D eigenvalue weighted by Gasteiger charge is 2.26. The first-order valence-electron chi connectivity index (χ1n) is 5.23. The maximum absolute atomic E-state index is 13.1. The van der Waals surface area contributed by atoms with Crippen molar-refractivity contribution in [2.24, 2.45) is 0 Å². The first kappa shape index (κ1) is 10.6. The Morgan fingerprint density at radius 1 is 1.40 bits per heavy atom. The molecule has 0 spiro atoms. The van der Waals surface area contributed by atoms with E-state index in [1.165, 1.54) is 6.07 Å². The van der Waals surface area contributed by atoms with Gasteiger partial charge in [0.1, 0.15) is 0 Å². The normalized spacial score (nSPS) is 21.2. The van der Waals surface area contributed by atoms with Crippen molar-refractivity contribution in [1.82, 2.24) is 5.32 Å². The van der Waals surface area contributed by atoms with Gasteiger partial charge in [0, 0.05) is 18.5 Å². The Morgan fingerprint density at radius 3 is 2.80 bits per heavy atom. The highest BCUT2D eigenvalue weighted by atomic mass is 19.3. The Bertz CT molecular complexity index is 368. The fraction of sp³-hybridized carbons (Fsp3) is 0.500. The maximum atomic E-state index is 13.1. The van der Waals surface area contributed by atoms with E-state index in [4.69, 9.17) is 0 Å². The molecular weight excluding hydrogens is 196 g/mol.